The van der Waals surface area contributed by atoms with Crippen LogP contribution in [0.3, 0.4) is 0 Å². The van der Waals surface area contributed by atoms with Crippen LogP contribution in [0, 0.1) is 0 Å². The molecule has 0 saturated carbocycles. The summed E-state index contributed by atoms with van der Waals surface area (Å²) in [6, 6.07) is 13.3. The number of thioether (sulfide) groups is 1. The highest BCUT2D eigenvalue weighted by Crippen LogP contribution is 2.46. The van der Waals surface area contributed by atoms with Crippen molar-refractivity contribution in [1.82, 2.24) is 9.80 Å². The van der Waals surface area contributed by atoms with Crippen LogP contribution in [0.2, 0.25) is 0 Å². The minimum absolute atomic E-state index is 0.130. The van der Waals surface area contributed by atoms with Crippen LogP contribution in [0.5, 0.6) is 0 Å². The normalized spacial score (nSPS) is 20.0. The van der Waals surface area contributed by atoms with Gasteiger partial charge < -0.3 is 14.5 Å². The number of benzene rings is 1. The number of ether oxygens (including phenoxy) is 1. The molecule has 1 aromatic carbocycles. The Morgan fingerprint density at radius 2 is 1.91 bits per heavy atom. The highest BCUT2D eigenvalue weighted by molar-refractivity contribution is 8.16. The summed E-state index contributed by atoms with van der Waals surface area (Å²) in [5, 5.41) is 4.80. The van der Waals surface area contributed by atoms with E-state index in [1.807, 2.05) is 65.1 Å². The molecule has 1 amide bonds. The zero-order valence-electron chi connectivity index (χ0n) is 18.4. The van der Waals surface area contributed by atoms with E-state index in [1.165, 1.54) is 11.8 Å². The van der Waals surface area contributed by atoms with Gasteiger partial charge in [0.05, 0.1) is 17.7 Å². The summed E-state index contributed by atoms with van der Waals surface area (Å²) in [6.45, 7) is 3.71. The number of allylic oxidation sites excluding steroid dienone is 1. The highest BCUT2D eigenvalue weighted by Gasteiger charge is 2.42. The van der Waals surface area contributed by atoms with Gasteiger partial charge >= 0.3 is 5.97 Å². The summed E-state index contributed by atoms with van der Waals surface area (Å²) in [4.78, 5) is 36.0. The van der Waals surface area contributed by atoms with Crippen molar-refractivity contribution < 1.29 is 14.3 Å². The molecule has 0 N–H and O–H groups in total. The molecule has 1 aromatic heterocycles. The molecule has 6 nitrogen and oxygen atoms in total. The molecule has 0 bridgehead atoms. The number of aliphatic imine (C=N–C) groups is 1. The monoisotopic (exact) mass is 479 g/mol. The second-order valence-corrected chi connectivity index (χ2v) is 10.1. The van der Waals surface area contributed by atoms with E-state index in [1.54, 1.807) is 11.3 Å². The first-order valence-electron chi connectivity index (χ1n) is 11.1. The second-order valence-electron chi connectivity index (χ2n) is 8.23. The van der Waals surface area contributed by atoms with Gasteiger partial charge in [0, 0.05) is 23.7 Å². The van der Waals surface area contributed by atoms with Gasteiger partial charge in [-0.25, -0.2) is 9.79 Å². The lowest BCUT2D eigenvalue weighted by molar-refractivity contribution is -0.141. The summed E-state index contributed by atoms with van der Waals surface area (Å²) in [5.74, 6) is -0.246. The van der Waals surface area contributed by atoms with E-state index in [-0.39, 0.29) is 24.5 Å². The quantitative estimate of drug-likeness (QED) is 0.541. The molecule has 1 saturated heterocycles. The van der Waals surface area contributed by atoms with Gasteiger partial charge in [-0.2, -0.15) is 0 Å². The van der Waals surface area contributed by atoms with Gasteiger partial charge in [0.25, 0.3) is 0 Å². The van der Waals surface area contributed by atoms with Crippen LogP contribution in [0.25, 0.3) is 0 Å². The zero-order chi connectivity index (χ0) is 22.8. The molecule has 1 atom stereocenters. The van der Waals surface area contributed by atoms with Crippen molar-refractivity contribution in [3.63, 3.8) is 0 Å². The molecule has 1 unspecified atom stereocenters. The second kappa shape index (κ2) is 9.57. The molecule has 2 aromatic rings. The van der Waals surface area contributed by atoms with Gasteiger partial charge in [-0.15, -0.1) is 11.3 Å². The van der Waals surface area contributed by atoms with Crippen LogP contribution >= 0.6 is 23.1 Å². The topological polar surface area (TPSA) is 62.2 Å². The molecule has 0 spiro atoms. The Morgan fingerprint density at radius 1 is 1.12 bits per heavy atom. The number of esters is 1. The highest BCUT2D eigenvalue weighted by atomic mass is 32.2. The largest absolute Gasteiger partial charge is 0.457 e. The molecule has 5 rings (SSSR count). The van der Waals surface area contributed by atoms with Crippen LogP contribution in [0.1, 0.15) is 42.7 Å². The van der Waals surface area contributed by atoms with Gasteiger partial charge in [0.2, 0.25) is 5.91 Å². The fourth-order valence-corrected chi connectivity index (χ4v) is 6.17. The number of thiophene rings is 1. The molecule has 1 fully saturated rings. The van der Waals surface area contributed by atoms with E-state index in [0.29, 0.717) is 17.7 Å². The van der Waals surface area contributed by atoms with E-state index in [4.69, 9.17) is 9.73 Å². The van der Waals surface area contributed by atoms with E-state index >= 15 is 0 Å². The first-order chi connectivity index (χ1) is 16.1. The Kier molecular flexibility index (Phi) is 6.37. The summed E-state index contributed by atoms with van der Waals surface area (Å²) < 4.78 is 5.72. The van der Waals surface area contributed by atoms with E-state index in [0.717, 1.165) is 47.2 Å². The third-order valence-corrected chi connectivity index (χ3v) is 7.85. The summed E-state index contributed by atoms with van der Waals surface area (Å²) in [5.41, 5.74) is 3.00. The summed E-state index contributed by atoms with van der Waals surface area (Å²) in [7, 11) is 0. The molecule has 170 valence electrons. The number of carbonyl (C=O) groups excluding carboxylic acids is 2. The fourth-order valence-electron chi connectivity index (χ4n) is 4.38. The SMILES string of the molecule is CC1=C(C(=O)OCc2ccccc2)C(c2cccs2)N2C(CC(=O)N3CCCC3)=CSC2=N1. The molecule has 3 aliphatic rings. The Bertz CT molecular complexity index is 1130. The third kappa shape index (κ3) is 4.50. The number of hydrogen-bond donors (Lipinski definition) is 0. The number of nitrogens with zero attached hydrogens (tertiary/aromatic N) is 3. The number of hydrogen-bond acceptors (Lipinski definition) is 7. The smallest absolute Gasteiger partial charge is 0.338 e. The molecular weight excluding hydrogens is 454 g/mol. The number of carbonyl (C=O) groups is 2. The molecular formula is C25H25N3O3S2. The lowest BCUT2D eigenvalue weighted by Crippen LogP contribution is -2.38. The van der Waals surface area contributed by atoms with Gasteiger partial charge in [0.15, 0.2) is 5.17 Å². The number of amidine groups is 1. The van der Waals surface area contributed by atoms with E-state index < -0.39 is 0 Å². The first kappa shape index (κ1) is 22.0. The summed E-state index contributed by atoms with van der Waals surface area (Å²) in [6.07, 6.45) is 2.43. The Labute approximate surface area is 201 Å². The average molecular weight is 480 g/mol. The molecule has 3 aliphatic heterocycles. The Morgan fingerprint density at radius 3 is 2.64 bits per heavy atom. The van der Waals surface area contributed by atoms with E-state index in [9.17, 15) is 9.59 Å². The lowest BCUT2D eigenvalue weighted by Gasteiger charge is -2.35. The van der Waals surface area contributed by atoms with Crippen molar-refractivity contribution in [3.8, 4) is 0 Å². The molecule has 0 radical (unpaired) electrons. The Balaban J connectivity index is 1.42. The maximum atomic E-state index is 13.3. The first-order valence-corrected chi connectivity index (χ1v) is 12.8. The van der Waals surface area contributed by atoms with Gasteiger partial charge in [-0.3, -0.25) is 4.79 Å². The average Bonchev–Trinajstić information content (AvgIpc) is 3.60. The van der Waals surface area contributed by atoms with Gasteiger partial charge in [-0.1, -0.05) is 48.2 Å². The van der Waals surface area contributed by atoms with Gasteiger partial charge in [-0.05, 0) is 42.2 Å². The maximum Gasteiger partial charge on any atom is 0.338 e. The number of likely N-dealkylation sites (tertiary alicyclic amines) is 1. The van der Waals surface area contributed by atoms with Crippen LogP contribution in [0.15, 0.2) is 75.2 Å². The van der Waals surface area contributed by atoms with Crippen molar-refractivity contribution in [2.75, 3.05) is 13.1 Å². The van der Waals surface area contributed by atoms with Crippen LogP contribution in [0.4, 0.5) is 0 Å². The maximum absolute atomic E-state index is 13.3. The predicted octanol–water partition coefficient (Wildman–Crippen LogP) is 5.08. The molecule has 8 heteroatoms. The molecule has 33 heavy (non-hydrogen) atoms. The van der Waals surface area contributed by atoms with Crippen LogP contribution < -0.4 is 0 Å². The van der Waals surface area contributed by atoms with Crippen molar-refractivity contribution in [1.29, 1.82) is 0 Å². The van der Waals surface area contributed by atoms with Crippen molar-refractivity contribution >= 4 is 40.1 Å². The number of fused-ring (bicyclic) bond motifs is 1. The number of amides is 1. The fraction of sp³-hybridized carbons (Fsp3) is 0.320. The van der Waals surface area contributed by atoms with Crippen molar-refractivity contribution in [3.05, 3.63) is 80.7 Å². The van der Waals surface area contributed by atoms with Crippen molar-refractivity contribution in [2.45, 2.75) is 38.8 Å². The minimum Gasteiger partial charge on any atom is -0.457 e. The predicted molar refractivity (Wildman–Crippen MR) is 131 cm³/mol. The molecule has 4 heterocycles. The molecule has 0 aliphatic carbocycles. The van der Waals surface area contributed by atoms with Crippen LogP contribution in [-0.2, 0) is 20.9 Å². The van der Waals surface area contributed by atoms with E-state index in [2.05, 4.69) is 4.90 Å². The number of rotatable bonds is 6. The van der Waals surface area contributed by atoms with Gasteiger partial charge in [0.1, 0.15) is 12.6 Å². The van der Waals surface area contributed by atoms with Crippen molar-refractivity contribution in [2.24, 2.45) is 4.99 Å². The standard InChI is InChI=1S/C25H25N3O3S2/c1-17-22(24(30)31-15-18-8-3-2-4-9-18)23(20-10-7-13-32-20)28-19(16-33-25(28)26-17)14-21(29)27-11-5-6-12-27/h2-4,7-10,13,16,23H,5-6,11-12,14-15H2,1H3. The Hall–Kier alpha value is -2.84. The van der Waals surface area contributed by atoms with Crippen LogP contribution in [-0.4, -0.2) is 39.9 Å². The lowest BCUT2D eigenvalue weighted by atomic mass is 9.99. The summed E-state index contributed by atoms with van der Waals surface area (Å²) >= 11 is 3.10. The third-order valence-electron chi connectivity index (χ3n) is 6.04. The minimum atomic E-state index is -0.375. The zero-order valence-corrected chi connectivity index (χ0v) is 20.0.